The number of hydrogen-bond donors (Lipinski definition) is 1. The molecule has 0 aromatic heterocycles. The fraction of sp³-hybridized carbons (Fsp3) is 0.579. The highest BCUT2D eigenvalue weighted by Crippen LogP contribution is 2.31. The Hall–Kier alpha value is -2.28. The van der Waals surface area contributed by atoms with E-state index in [0.29, 0.717) is 24.3 Å². The number of piperidine rings is 1. The van der Waals surface area contributed by atoms with Crippen LogP contribution in [0.2, 0.25) is 0 Å². The molecule has 0 radical (unpaired) electrons. The Balaban J connectivity index is 1.71. The summed E-state index contributed by atoms with van der Waals surface area (Å²) in [6.07, 6.45) is 2.23. The molecule has 2 bridgehead atoms. The highest BCUT2D eigenvalue weighted by atomic mass is 16.5. The number of urea groups is 1. The van der Waals surface area contributed by atoms with Crippen molar-refractivity contribution in [2.45, 2.75) is 25.4 Å². The zero-order chi connectivity index (χ0) is 18.7. The van der Waals surface area contributed by atoms with Gasteiger partial charge >= 0.3 is 12.0 Å². The third-order valence-corrected chi connectivity index (χ3v) is 5.18. The molecule has 7 heteroatoms. The summed E-state index contributed by atoms with van der Waals surface area (Å²) in [5.41, 5.74) is 0.992. The molecule has 2 atom stereocenters. The highest BCUT2D eigenvalue weighted by molar-refractivity contribution is 5.74. The first-order chi connectivity index (χ1) is 12.4. The summed E-state index contributed by atoms with van der Waals surface area (Å²) in [6.45, 7) is 2.87. The normalized spacial score (nSPS) is 22.8. The molecule has 4 rings (SSSR count). The van der Waals surface area contributed by atoms with Crippen LogP contribution in [0.1, 0.15) is 18.4 Å². The van der Waals surface area contributed by atoms with Gasteiger partial charge in [0.2, 0.25) is 0 Å². The average molecular weight is 361 g/mol. The van der Waals surface area contributed by atoms with Crippen LogP contribution in [0.3, 0.4) is 0 Å². The van der Waals surface area contributed by atoms with Crippen LogP contribution in [0, 0.1) is 5.92 Å². The van der Waals surface area contributed by atoms with Crippen LogP contribution in [-0.2, 0) is 11.3 Å². The van der Waals surface area contributed by atoms with Crippen LogP contribution in [0.25, 0.3) is 0 Å². The molecule has 3 aliphatic heterocycles. The standard InChI is InChI=1S/C19H27N3O4/c1-20(2)19(25)22-10-14-7-8-16(12-22)21(9-14)11-15-5-3-4-6-17(15)26-13-18(23)24/h3-6,14,16H,7-13H2,1-2H3,(H,23,24)/t14-,16-/m1/s1. The number of ether oxygens (including phenoxy) is 1. The number of nitrogens with zero attached hydrogens (tertiary/aromatic N) is 3. The van der Waals surface area contributed by atoms with E-state index in [0.717, 1.165) is 38.0 Å². The van der Waals surface area contributed by atoms with Gasteiger partial charge in [0.1, 0.15) is 5.75 Å². The maximum absolute atomic E-state index is 12.4. The number of carboxylic acids is 1. The molecule has 3 aliphatic rings. The van der Waals surface area contributed by atoms with E-state index >= 15 is 0 Å². The third kappa shape index (κ3) is 4.27. The van der Waals surface area contributed by atoms with Gasteiger partial charge in [-0.1, -0.05) is 18.2 Å². The van der Waals surface area contributed by atoms with Crippen LogP contribution >= 0.6 is 0 Å². The fourth-order valence-electron chi connectivity index (χ4n) is 3.95. The number of carbonyl (C=O) groups is 2. The van der Waals surface area contributed by atoms with Crippen molar-refractivity contribution in [1.82, 2.24) is 14.7 Å². The molecule has 1 aromatic carbocycles. The molecular weight excluding hydrogens is 334 g/mol. The highest BCUT2D eigenvalue weighted by Gasteiger charge is 2.37. The van der Waals surface area contributed by atoms with Gasteiger partial charge in [0.05, 0.1) is 0 Å². The van der Waals surface area contributed by atoms with Crippen molar-refractivity contribution in [3.8, 4) is 5.75 Å². The van der Waals surface area contributed by atoms with Crippen LogP contribution < -0.4 is 4.74 Å². The lowest BCUT2D eigenvalue weighted by atomic mass is 9.94. The second-order valence-corrected chi connectivity index (χ2v) is 7.40. The minimum absolute atomic E-state index is 0.0777. The number of rotatable bonds is 5. The van der Waals surface area contributed by atoms with Crippen molar-refractivity contribution in [1.29, 1.82) is 0 Å². The van der Waals surface area contributed by atoms with E-state index in [1.807, 2.05) is 29.2 Å². The van der Waals surface area contributed by atoms with Gasteiger partial charge < -0.3 is 19.6 Å². The van der Waals surface area contributed by atoms with Crippen molar-refractivity contribution in [2.24, 2.45) is 5.92 Å². The predicted octanol–water partition coefficient (Wildman–Crippen LogP) is 1.73. The van der Waals surface area contributed by atoms with Gasteiger partial charge in [-0.15, -0.1) is 0 Å². The van der Waals surface area contributed by atoms with Gasteiger partial charge in [0, 0.05) is 51.9 Å². The molecule has 26 heavy (non-hydrogen) atoms. The van der Waals surface area contributed by atoms with E-state index in [1.165, 1.54) is 0 Å². The second kappa shape index (κ2) is 7.95. The summed E-state index contributed by atoms with van der Waals surface area (Å²) < 4.78 is 5.44. The lowest BCUT2D eigenvalue weighted by molar-refractivity contribution is -0.139. The molecule has 3 heterocycles. The first-order valence-electron chi connectivity index (χ1n) is 9.07. The summed E-state index contributed by atoms with van der Waals surface area (Å²) >= 11 is 0. The Morgan fingerprint density at radius 2 is 1.96 bits per heavy atom. The van der Waals surface area contributed by atoms with Gasteiger partial charge in [-0.3, -0.25) is 4.90 Å². The number of benzene rings is 1. The molecular formula is C19H27N3O4. The van der Waals surface area contributed by atoms with Gasteiger partial charge in [0.15, 0.2) is 6.61 Å². The number of aliphatic carboxylic acids is 1. The number of hydrogen-bond acceptors (Lipinski definition) is 4. The third-order valence-electron chi connectivity index (χ3n) is 5.18. The average Bonchev–Trinajstić information content (AvgIpc) is 2.92. The van der Waals surface area contributed by atoms with Crippen molar-refractivity contribution in [3.63, 3.8) is 0 Å². The SMILES string of the molecule is CN(C)C(=O)N1C[C@@H]2CC[C@H](C1)N(Cc1ccccc1OCC(=O)O)C2. The topological polar surface area (TPSA) is 73.3 Å². The van der Waals surface area contributed by atoms with Gasteiger partial charge in [-0.25, -0.2) is 9.59 Å². The maximum Gasteiger partial charge on any atom is 0.341 e. The first-order valence-corrected chi connectivity index (χ1v) is 9.07. The van der Waals surface area contributed by atoms with Crippen molar-refractivity contribution < 1.29 is 19.4 Å². The monoisotopic (exact) mass is 361 g/mol. The second-order valence-electron chi connectivity index (χ2n) is 7.40. The summed E-state index contributed by atoms with van der Waals surface area (Å²) in [5.74, 6) is 0.118. The molecule has 0 aliphatic carbocycles. The number of carboxylic acid groups (broad SMARTS) is 1. The lowest BCUT2D eigenvalue weighted by Gasteiger charge is -2.36. The number of carbonyl (C=O) groups excluding carboxylic acids is 1. The van der Waals surface area contributed by atoms with E-state index in [9.17, 15) is 9.59 Å². The van der Waals surface area contributed by atoms with Crippen LogP contribution in [-0.4, -0.2) is 78.2 Å². The molecule has 1 aromatic rings. The summed E-state index contributed by atoms with van der Waals surface area (Å²) in [7, 11) is 3.59. The van der Waals surface area contributed by atoms with E-state index in [-0.39, 0.29) is 12.6 Å². The number of para-hydroxylation sites is 1. The Bertz CT molecular complexity index is 664. The Morgan fingerprint density at radius 1 is 1.19 bits per heavy atom. The summed E-state index contributed by atoms with van der Waals surface area (Å²) in [4.78, 5) is 29.2. The predicted molar refractivity (Wildman–Crippen MR) is 97.2 cm³/mol. The van der Waals surface area contributed by atoms with Gasteiger partial charge in [0.25, 0.3) is 0 Å². The summed E-state index contributed by atoms with van der Waals surface area (Å²) in [6, 6.07) is 8.00. The smallest absolute Gasteiger partial charge is 0.341 e. The van der Waals surface area contributed by atoms with Gasteiger partial charge in [-0.2, -0.15) is 0 Å². The molecule has 0 unspecified atom stereocenters. The van der Waals surface area contributed by atoms with Gasteiger partial charge in [-0.05, 0) is 24.8 Å². The van der Waals surface area contributed by atoms with E-state index in [2.05, 4.69) is 4.90 Å². The van der Waals surface area contributed by atoms with Crippen LogP contribution in [0.15, 0.2) is 24.3 Å². The molecule has 7 nitrogen and oxygen atoms in total. The molecule has 2 amide bonds. The quantitative estimate of drug-likeness (QED) is 0.865. The van der Waals surface area contributed by atoms with E-state index < -0.39 is 5.97 Å². The maximum atomic E-state index is 12.4. The molecule has 0 saturated carbocycles. The lowest BCUT2D eigenvalue weighted by Crippen LogP contribution is -2.45. The molecule has 0 spiro atoms. The Labute approximate surface area is 154 Å². The fourth-order valence-corrected chi connectivity index (χ4v) is 3.95. The number of amides is 2. The zero-order valence-electron chi connectivity index (χ0n) is 15.4. The van der Waals surface area contributed by atoms with Crippen molar-refractivity contribution in [3.05, 3.63) is 29.8 Å². The molecule has 142 valence electrons. The van der Waals surface area contributed by atoms with Crippen molar-refractivity contribution in [2.75, 3.05) is 40.3 Å². The van der Waals surface area contributed by atoms with Crippen LogP contribution in [0.4, 0.5) is 4.79 Å². The minimum Gasteiger partial charge on any atom is -0.482 e. The Morgan fingerprint density at radius 3 is 2.69 bits per heavy atom. The molecule has 3 fully saturated rings. The zero-order valence-corrected chi connectivity index (χ0v) is 15.4. The first kappa shape index (κ1) is 18.5. The number of fused-ring (bicyclic) bond motifs is 4. The van der Waals surface area contributed by atoms with E-state index in [4.69, 9.17) is 9.84 Å². The van der Waals surface area contributed by atoms with Crippen LogP contribution in [0.5, 0.6) is 5.75 Å². The molecule has 1 N–H and O–H groups in total. The van der Waals surface area contributed by atoms with Crippen molar-refractivity contribution >= 4 is 12.0 Å². The largest absolute Gasteiger partial charge is 0.482 e. The minimum atomic E-state index is -0.980. The summed E-state index contributed by atoms with van der Waals surface area (Å²) in [5, 5.41) is 8.86. The Kier molecular flexibility index (Phi) is 5.66. The van der Waals surface area contributed by atoms with E-state index in [1.54, 1.807) is 19.0 Å². The molecule has 3 saturated heterocycles.